The number of allylic oxidation sites excluding steroid dienone is 1. The Morgan fingerprint density at radius 1 is 1.33 bits per heavy atom. The smallest absolute Gasteiger partial charge is 0.0249 e. The van der Waals surface area contributed by atoms with Crippen LogP contribution in [0.4, 0.5) is 0 Å². The first-order valence-corrected chi connectivity index (χ1v) is 5.96. The van der Waals surface area contributed by atoms with Gasteiger partial charge in [0.2, 0.25) is 0 Å². The lowest BCUT2D eigenvalue weighted by molar-refractivity contribution is 0.376. The molecule has 0 aromatic rings. The monoisotopic (exact) mass is 210 g/mol. The Kier molecular flexibility index (Phi) is 3.62. The van der Waals surface area contributed by atoms with E-state index in [0.717, 1.165) is 12.8 Å². The Balaban J connectivity index is 2.51. The van der Waals surface area contributed by atoms with Gasteiger partial charge in [-0.25, -0.2) is 0 Å². The molecule has 0 aliphatic heterocycles. The van der Waals surface area contributed by atoms with E-state index in [-0.39, 0.29) is 0 Å². The maximum absolute atomic E-state index is 5.66. The number of nitrogens with two attached hydrogens (primary N) is 1. The molecule has 0 radical (unpaired) electrons. The summed E-state index contributed by atoms with van der Waals surface area (Å²) in [7, 11) is 0. The normalized spacial score (nSPS) is 24.9. The highest BCUT2D eigenvalue weighted by Crippen LogP contribution is 2.69. The van der Waals surface area contributed by atoms with Crippen LogP contribution in [0.3, 0.4) is 0 Å². The molecule has 15 heavy (non-hydrogen) atoms. The summed E-state index contributed by atoms with van der Waals surface area (Å²) in [5.74, 6) is 6.36. The third kappa shape index (κ3) is 2.11. The minimum Gasteiger partial charge on any atom is -0.271 e. The zero-order chi connectivity index (χ0) is 11.7. The highest BCUT2D eigenvalue weighted by molar-refractivity contribution is 5.15. The summed E-state index contributed by atoms with van der Waals surface area (Å²) in [6.07, 6.45) is 5.41. The fourth-order valence-electron chi connectivity index (χ4n) is 3.08. The molecule has 0 amide bonds. The van der Waals surface area contributed by atoms with Crippen molar-refractivity contribution in [3.8, 4) is 0 Å². The van der Waals surface area contributed by atoms with Gasteiger partial charge in [0.1, 0.15) is 0 Å². The van der Waals surface area contributed by atoms with Crippen molar-refractivity contribution in [3.05, 3.63) is 12.7 Å². The predicted molar refractivity (Wildman–Crippen MR) is 66.2 cm³/mol. The summed E-state index contributed by atoms with van der Waals surface area (Å²) >= 11 is 0. The van der Waals surface area contributed by atoms with Crippen molar-refractivity contribution in [3.63, 3.8) is 0 Å². The molecule has 88 valence electrons. The van der Waals surface area contributed by atoms with Gasteiger partial charge in [-0.15, -0.1) is 6.58 Å². The largest absolute Gasteiger partial charge is 0.271 e. The molecule has 0 saturated heterocycles. The van der Waals surface area contributed by atoms with Crippen LogP contribution in [-0.4, -0.2) is 6.04 Å². The Morgan fingerprint density at radius 2 is 1.87 bits per heavy atom. The molecule has 1 aliphatic rings. The van der Waals surface area contributed by atoms with E-state index in [9.17, 15) is 0 Å². The van der Waals surface area contributed by atoms with Crippen LogP contribution in [0.1, 0.15) is 47.0 Å². The molecule has 3 N–H and O–H groups in total. The summed E-state index contributed by atoms with van der Waals surface area (Å²) in [5, 5.41) is 0. The fraction of sp³-hybridized carbons (Fsp3) is 0.846. The third-order valence-electron chi connectivity index (χ3n) is 4.67. The van der Waals surface area contributed by atoms with Crippen LogP contribution in [0.25, 0.3) is 0 Å². The second kappa shape index (κ2) is 4.26. The van der Waals surface area contributed by atoms with Gasteiger partial charge < -0.3 is 0 Å². The van der Waals surface area contributed by atoms with E-state index in [1.54, 1.807) is 0 Å². The van der Waals surface area contributed by atoms with Gasteiger partial charge in [0.25, 0.3) is 0 Å². The lowest BCUT2D eigenvalue weighted by atomic mass is 9.99. The Labute approximate surface area is 94.3 Å². The van der Waals surface area contributed by atoms with Crippen LogP contribution < -0.4 is 11.3 Å². The van der Waals surface area contributed by atoms with Crippen molar-refractivity contribution in [1.29, 1.82) is 0 Å². The zero-order valence-corrected chi connectivity index (χ0v) is 10.6. The van der Waals surface area contributed by atoms with Crippen LogP contribution in [0, 0.1) is 16.7 Å². The molecule has 0 bridgehead atoms. The number of rotatable bonds is 6. The summed E-state index contributed by atoms with van der Waals surface area (Å²) in [5.41, 5.74) is 3.83. The average molecular weight is 210 g/mol. The van der Waals surface area contributed by atoms with Gasteiger partial charge >= 0.3 is 0 Å². The molecule has 0 aromatic carbocycles. The van der Waals surface area contributed by atoms with Gasteiger partial charge in [-0.1, -0.05) is 33.8 Å². The van der Waals surface area contributed by atoms with Crippen molar-refractivity contribution < 1.29 is 0 Å². The van der Waals surface area contributed by atoms with E-state index >= 15 is 0 Å². The molecule has 2 nitrogen and oxygen atoms in total. The van der Waals surface area contributed by atoms with Crippen molar-refractivity contribution >= 4 is 0 Å². The number of hydrazine groups is 1. The second-order valence-electron chi connectivity index (χ2n) is 5.91. The Hall–Kier alpha value is -0.340. The van der Waals surface area contributed by atoms with Gasteiger partial charge in [-0.05, 0) is 36.0 Å². The average Bonchev–Trinajstić information content (AvgIpc) is 2.54. The predicted octanol–water partition coefficient (Wildman–Crippen LogP) is 2.86. The summed E-state index contributed by atoms with van der Waals surface area (Å²) in [6, 6.07) is 0.454. The Morgan fingerprint density at radius 3 is 2.20 bits per heavy atom. The van der Waals surface area contributed by atoms with Gasteiger partial charge in [-0.3, -0.25) is 11.3 Å². The molecular weight excluding hydrogens is 184 g/mol. The van der Waals surface area contributed by atoms with Crippen LogP contribution in [-0.2, 0) is 0 Å². The summed E-state index contributed by atoms with van der Waals surface area (Å²) in [4.78, 5) is 0. The molecule has 1 rings (SSSR count). The van der Waals surface area contributed by atoms with E-state index in [1.165, 1.54) is 6.42 Å². The van der Waals surface area contributed by atoms with Crippen LogP contribution in [0.5, 0.6) is 0 Å². The minimum absolute atomic E-state index is 0.415. The van der Waals surface area contributed by atoms with E-state index in [0.29, 0.717) is 22.8 Å². The maximum Gasteiger partial charge on any atom is 0.0249 e. The maximum atomic E-state index is 5.66. The van der Waals surface area contributed by atoms with E-state index in [4.69, 9.17) is 5.84 Å². The number of hydrogen-bond donors (Lipinski definition) is 2. The number of nitrogens with one attached hydrogen (secondary N) is 1. The van der Waals surface area contributed by atoms with Crippen molar-refractivity contribution in [2.75, 3.05) is 0 Å². The van der Waals surface area contributed by atoms with E-state index in [2.05, 4.69) is 39.7 Å². The molecular formula is C13H26N2. The fourth-order valence-corrected chi connectivity index (χ4v) is 3.08. The number of hydrogen-bond acceptors (Lipinski definition) is 2. The summed E-state index contributed by atoms with van der Waals surface area (Å²) in [6.45, 7) is 13.1. The molecule has 1 unspecified atom stereocenters. The summed E-state index contributed by atoms with van der Waals surface area (Å²) < 4.78 is 0. The Bertz CT molecular complexity index is 217. The van der Waals surface area contributed by atoms with E-state index in [1.807, 2.05) is 6.08 Å². The first-order valence-electron chi connectivity index (χ1n) is 5.96. The topological polar surface area (TPSA) is 38.0 Å². The van der Waals surface area contributed by atoms with Gasteiger partial charge in [-0.2, -0.15) is 0 Å². The van der Waals surface area contributed by atoms with Gasteiger partial charge in [0.05, 0.1) is 0 Å². The molecule has 1 atom stereocenters. The quantitative estimate of drug-likeness (QED) is 0.306. The lowest BCUT2D eigenvalue weighted by Gasteiger charge is -2.17. The second-order valence-corrected chi connectivity index (χ2v) is 5.91. The molecule has 0 aromatic heterocycles. The molecule has 1 fully saturated rings. The number of unbranched alkanes of at least 4 members (excludes halogenated alkanes) is 1. The lowest BCUT2D eigenvalue weighted by Crippen LogP contribution is -2.38. The van der Waals surface area contributed by atoms with E-state index < -0.39 is 0 Å². The van der Waals surface area contributed by atoms with Gasteiger partial charge in [0, 0.05) is 6.04 Å². The van der Waals surface area contributed by atoms with Gasteiger partial charge in [0.15, 0.2) is 0 Å². The highest BCUT2D eigenvalue weighted by Gasteiger charge is 2.66. The van der Waals surface area contributed by atoms with Crippen molar-refractivity contribution in [2.24, 2.45) is 22.6 Å². The SMILES string of the molecule is C=CCCCC(NN)C1C(C)(C)C1(C)C. The molecule has 0 spiro atoms. The first-order chi connectivity index (χ1) is 6.89. The van der Waals surface area contributed by atoms with Crippen LogP contribution in [0.15, 0.2) is 12.7 Å². The highest BCUT2D eigenvalue weighted by atomic mass is 15.2. The third-order valence-corrected chi connectivity index (χ3v) is 4.67. The zero-order valence-electron chi connectivity index (χ0n) is 10.6. The van der Waals surface area contributed by atoms with Crippen molar-refractivity contribution in [1.82, 2.24) is 5.43 Å². The molecule has 1 saturated carbocycles. The molecule has 1 aliphatic carbocycles. The molecule has 0 heterocycles. The minimum atomic E-state index is 0.415. The van der Waals surface area contributed by atoms with Crippen LogP contribution in [0.2, 0.25) is 0 Å². The molecule has 2 heteroatoms. The van der Waals surface area contributed by atoms with Crippen LogP contribution >= 0.6 is 0 Å². The standard InChI is InChI=1S/C13H26N2/c1-6-7-8-9-10(15-14)11-12(2,3)13(11,4)5/h6,10-11,15H,1,7-9,14H2,2-5H3. The van der Waals surface area contributed by atoms with Crippen molar-refractivity contribution in [2.45, 2.75) is 53.0 Å². The first kappa shape index (κ1) is 12.7.